The second-order valence-corrected chi connectivity index (χ2v) is 6.28. The van der Waals surface area contributed by atoms with Gasteiger partial charge in [-0.15, -0.1) is 0 Å². The molecule has 0 heterocycles. The molecule has 8 nitrogen and oxygen atoms in total. The first kappa shape index (κ1) is 21.2. The lowest BCUT2D eigenvalue weighted by Gasteiger charge is -2.16. The normalized spacial score (nSPS) is 12.3. The van der Waals surface area contributed by atoms with E-state index in [1.54, 1.807) is 0 Å². The Bertz CT molecular complexity index is 776. The molecule has 3 N–H and O–H groups in total. The lowest BCUT2D eigenvalue weighted by Crippen LogP contribution is -2.42. The Hall–Kier alpha value is -3.13. The number of non-ortho nitro benzene ring substituents is 1. The standard InChI is InChI=1S/C20H26N4O4/c1-3-21-20(22-12-16-6-4-15(2)5-7-16)23-13-18(25)14-28-19-10-8-17(9-11-19)24(26)27/h4-11,18,25H,3,12-14H2,1-2H3,(H2,21,22,23). The van der Waals surface area contributed by atoms with Gasteiger partial charge in [-0.2, -0.15) is 0 Å². The summed E-state index contributed by atoms with van der Waals surface area (Å²) in [5.41, 5.74) is 2.30. The molecule has 0 aromatic heterocycles. The summed E-state index contributed by atoms with van der Waals surface area (Å²) in [5.74, 6) is 1.07. The maximum absolute atomic E-state index is 10.6. The van der Waals surface area contributed by atoms with Gasteiger partial charge >= 0.3 is 0 Å². The van der Waals surface area contributed by atoms with Crippen molar-refractivity contribution in [2.45, 2.75) is 26.5 Å². The van der Waals surface area contributed by atoms with Crippen molar-refractivity contribution >= 4 is 11.6 Å². The van der Waals surface area contributed by atoms with Crippen LogP contribution in [0.5, 0.6) is 5.75 Å². The molecule has 8 heteroatoms. The van der Waals surface area contributed by atoms with Crippen molar-refractivity contribution in [3.8, 4) is 5.75 Å². The number of hydrogen-bond acceptors (Lipinski definition) is 5. The highest BCUT2D eigenvalue weighted by Gasteiger charge is 2.09. The first-order valence-corrected chi connectivity index (χ1v) is 9.11. The molecule has 1 atom stereocenters. The van der Waals surface area contributed by atoms with Gasteiger partial charge in [0.2, 0.25) is 0 Å². The summed E-state index contributed by atoms with van der Waals surface area (Å²) >= 11 is 0. The minimum Gasteiger partial charge on any atom is -0.491 e. The summed E-state index contributed by atoms with van der Waals surface area (Å²) in [6.07, 6.45) is -0.765. The van der Waals surface area contributed by atoms with Crippen LogP contribution in [0.15, 0.2) is 53.5 Å². The molecular weight excluding hydrogens is 360 g/mol. The molecular formula is C20H26N4O4. The van der Waals surface area contributed by atoms with E-state index in [0.717, 1.165) is 5.56 Å². The summed E-state index contributed by atoms with van der Waals surface area (Å²) in [6, 6.07) is 13.9. The molecule has 0 aliphatic rings. The number of ether oxygens (including phenoxy) is 1. The van der Waals surface area contributed by atoms with E-state index in [1.807, 2.05) is 38.1 Å². The summed E-state index contributed by atoms with van der Waals surface area (Å²) < 4.78 is 5.46. The predicted octanol–water partition coefficient (Wildman–Crippen LogP) is 2.40. The second kappa shape index (κ2) is 10.9. The van der Waals surface area contributed by atoms with Crippen LogP contribution < -0.4 is 15.4 Å². The van der Waals surface area contributed by atoms with Crippen LogP contribution in [0, 0.1) is 17.0 Å². The SMILES string of the molecule is CCNC(=NCc1ccc(C)cc1)NCC(O)COc1ccc([N+](=O)[O-])cc1. The third-order valence-corrected chi connectivity index (χ3v) is 3.88. The summed E-state index contributed by atoms with van der Waals surface area (Å²) in [7, 11) is 0. The van der Waals surface area contributed by atoms with E-state index in [2.05, 4.69) is 15.6 Å². The quantitative estimate of drug-likeness (QED) is 0.264. The summed E-state index contributed by atoms with van der Waals surface area (Å²) in [6.45, 7) is 5.56. The molecule has 2 aromatic carbocycles. The number of nitrogens with zero attached hydrogens (tertiary/aromatic N) is 2. The maximum Gasteiger partial charge on any atom is 0.269 e. The van der Waals surface area contributed by atoms with Gasteiger partial charge in [0.25, 0.3) is 5.69 Å². The highest BCUT2D eigenvalue weighted by Crippen LogP contribution is 2.17. The van der Waals surface area contributed by atoms with Crippen molar-refractivity contribution in [2.75, 3.05) is 19.7 Å². The molecule has 0 amide bonds. The highest BCUT2D eigenvalue weighted by atomic mass is 16.6. The van der Waals surface area contributed by atoms with Crippen LogP contribution >= 0.6 is 0 Å². The van der Waals surface area contributed by atoms with Crippen molar-refractivity contribution in [3.05, 3.63) is 69.8 Å². The molecule has 0 bridgehead atoms. The lowest BCUT2D eigenvalue weighted by atomic mass is 10.1. The minimum absolute atomic E-state index is 0.00497. The van der Waals surface area contributed by atoms with E-state index in [-0.39, 0.29) is 18.8 Å². The smallest absolute Gasteiger partial charge is 0.269 e. The Morgan fingerprint density at radius 2 is 1.86 bits per heavy atom. The highest BCUT2D eigenvalue weighted by molar-refractivity contribution is 5.79. The Labute approximate surface area is 164 Å². The molecule has 28 heavy (non-hydrogen) atoms. The van der Waals surface area contributed by atoms with Gasteiger partial charge in [0.1, 0.15) is 18.5 Å². The van der Waals surface area contributed by atoms with Crippen molar-refractivity contribution in [1.82, 2.24) is 10.6 Å². The zero-order chi connectivity index (χ0) is 20.4. The van der Waals surface area contributed by atoms with Gasteiger partial charge in [0.05, 0.1) is 11.5 Å². The zero-order valence-corrected chi connectivity index (χ0v) is 16.1. The molecule has 0 radical (unpaired) electrons. The van der Waals surface area contributed by atoms with Crippen molar-refractivity contribution in [2.24, 2.45) is 4.99 Å². The molecule has 1 unspecified atom stereocenters. The van der Waals surface area contributed by atoms with E-state index in [0.29, 0.717) is 24.8 Å². The third-order valence-electron chi connectivity index (χ3n) is 3.88. The Kier molecular flexibility index (Phi) is 8.23. The second-order valence-electron chi connectivity index (χ2n) is 6.28. The summed E-state index contributed by atoms with van der Waals surface area (Å²) in [5, 5.41) is 27.0. The van der Waals surface area contributed by atoms with Crippen LogP contribution in [0.4, 0.5) is 5.69 Å². The fourth-order valence-corrected chi connectivity index (χ4v) is 2.34. The van der Waals surface area contributed by atoms with Gasteiger partial charge in [-0.25, -0.2) is 4.99 Å². The van der Waals surface area contributed by atoms with Crippen molar-refractivity contribution < 1.29 is 14.8 Å². The first-order valence-electron chi connectivity index (χ1n) is 9.11. The van der Waals surface area contributed by atoms with Crippen molar-refractivity contribution in [3.63, 3.8) is 0 Å². The van der Waals surface area contributed by atoms with Crippen LogP contribution in [-0.4, -0.2) is 41.8 Å². The molecule has 0 saturated heterocycles. The Balaban J connectivity index is 1.80. The Morgan fingerprint density at radius 1 is 1.18 bits per heavy atom. The fraction of sp³-hybridized carbons (Fsp3) is 0.350. The molecule has 150 valence electrons. The summed E-state index contributed by atoms with van der Waals surface area (Å²) in [4.78, 5) is 14.7. The number of hydrogen-bond donors (Lipinski definition) is 3. The average Bonchev–Trinajstić information content (AvgIpc) is 2.70. The van der Waals surface area contributed by atoms with Gasteiger partial charge in [-0.1, -0.05) is 29.8 Å². The number of nitro benzene ring substituents is 1. The zero-order valence-electron chi connectivity index (χ0n) is 16.1. The number of nitrogens with one attached hydrogen (secondary N) is 2. The lowest BCUT2D eigenvalue weighted by molar-refractivity contribution is -0.384. The molecule has 0 aliphatic carbocycles. The van der Waals surface area contributed by atoms with Crippen molar-refractivity contribution in [1.29, 1.82) is 0 Å². The number of rotatable bonds is 9. The van der Waals surface area contributed by atoms with E-state index in [4.69, 9.17) is 4.74 Å². The maximum atomic E-state index is 10.6. The van der Waals surface area contributed by atoms with Gasteiger partial charge < -0.3 is 20.5 Å². The molecule has 0 spiro atoms. The predicted molar refractivity (Wildman–Crippen MR) is 109 cm³/mol. The number of nitro groups is 1. The molecule has 0 fully saturated rings. The van der Waals surface area contributed by atoms with Crippen LogP contribution in [0.1, 0.15) is 18.1 Å². The minimum atomic E-state index is -0.765. The number of aliphatic hydroxyl groups excluding tert-OH is 1. The van der Waals surface area contributed by atoms with E-state index < -0.39 is 11.0 Å². The van der Waals surface area contributed by atoms with Gasteiger partial charge in [-0.3, -0.25) is 10.1 Å². The molecule has 2 aromatic rings. The fourth-order valence-electron chi connectivity index (χ4n) is 2.34. The van der Waals surface area contributed by atoms with Gasteiger partial charge in [0.15, 0.2) is 5.96 Å². The van der Waals surface area contributed by atoms with Crippen LogP contribution in [-0.2, 0) is 6.54 Å². The van der Waals surface area contributed by atoms with Crippen LogP contribution in [0.25, 0.3) is 0 Å². The van der Waals surface area contributed by atoms with Crippen LogP contribution in [0.2, 0.25) is 0 Å². The third kappa shape index (κ3) is 7.24. The number of aryl methyl sites for hydroxylation is 1. The average molecular weight is 386 g/mol. The Morgan fingerprint density at radius 3 is 2.46 bits per heavy atom. The molecule has 0 saturated carbocycles. The number of benzene rings is 2. The molecule has 2 rings (SSSR count). The number of aliphatic hydroxyl groups is 1. The largest absolute Gasteiger partial charge is 0.491 e. The van der Waals surface area contributed by atoms with Gasteiger partial charge in [-0.05, 0) is 31.5 Å². The number of aliphatic imine (C=N–C) groups is 1. The first-order chi connectivity index (χ1) is 13.5. The van der Waals surface area contributed by atoms with E-state index in [1.165, 1.54) is 29.8 Å². The van der Waals surface area contributed by atoms with Gasteiger partial charge in [0, 0.05) is 25.2 Å². The number of guanidine groups is 1. The molecule has 0 aliphatic heterocycles. The monoisotopic (exact) mass is 386 g/mol. The van der Waals surface area contributed by atoms with Crippen LogP contribution in [0.3, 0.4) is 0 Å². The topological polar surface area (TPSA) is 109 Å². The van der Waals surface area contributed by atoms with E-state index >= 15 is 0 Å². The van der Waals surface area contributed by atoms with E-state index in [9.17, 15) is 15.2 Å².